The van der Waals surface area contributed by atoms with Gasteiger partial charge in [-0.1, -0.05) is 19.0 Å². The molecule has 98 valence electrons. The number of nitrogens with two attached hydrogens (primary N) is 1. The number of benzene rings is 1. The lowest BCUT2D eigenvalue weighted by atomic mass is 10.1. The second-order valence-corrected chi connectivity index (χ2v) is 3.84. The third kappa shape index (κ3) is 3.48. The molecule has 0 spiro atoms. The number of rotatable bonds is 6. The largest absolute Gasteiger partial charge is 0.481 e. The number of hydrogen-bond acceptors (Lipinski definition) is 4. The maximum atomic E-state index is 11.0. The minimum absolute atomic E-state index is 0.479. The number of carbonyl (C=O) groups excluding carboxylic acids is 1. The Balaban J connectivity index is 2.80. The number of carbonyl (C=O) groups is 1. The maximum absolute atomic E-state index is 11.0. The Morgan fingerprint density at radius 3 is 2.39 bits per heavy atom. The molecule has 0 bridgehead atoms. The summed E-state index contributed by atoms with van der Waals surface area (Å²) in [6, 6.07) is 7.01. The summed E-state index contributed by atoms with van der Waals surface area (Å²) >= 11 is 0. The van der Waals surface area contributed by atoms with E-state index in [1.807, 2.05) is 13.8 Å². The fourth-order valence-electron chi connectivity index (χ4n) is 1.57. The molecule has 3 N–H and O–H groups in total. The first-order valence-electron chi connectivity index (χ1n) is 5.89. The zero-order valence-corrected chi connectivity index (χ0v) is 10.6. The number of amides is 1. The maximum Gasteiger partial charge on any atom is 0.258 e. The molecular formula is C13H18N2O3. The Morgan fingerprint density at radius 2 is 2.00 bits per heavy atom. The van der Waals surface area contributed by atoms with Crippen LogP contribution in [0.25, 0.3) is 0 Å². The molecule has 1 unspecified atom stereocenters. The van der Waals surface area contributed by atoms with E-state index in [0.717, 1.165) is 5.56 Å². The van der Waals surface area contributed by atoms with Crippen molar-refractivity contribution in [1.82, 2.24) is 0 Å². The molecule has 0 saturated carbocycles. The lowest BCUT2D eigenvalue weighted by Gasteiger charge is -2.14. The molecule has 0 fully saturated rings. The number of ether oxygens (including phenoxy) is 1. The van der Waals surface area contributed by atoms with Crippen molar-refractivity contribution in [3.63, 3.8) is 0 Å². The van der Waals surface area contributed by atoms with Gasteiger partial charge in [0, 0.05) is 0 Å². The third-order valence-corrected chi connectivity index (χ3v) is 2.61. The van der Waals surface area contributed by atoms with Gasteiger partial charge >= 0.3 is 0 Å². The van der Waals surface area contributed by atoms with Crippen molar-refractivity contribution in [2.45, 2.75) is 32.8 Å². The highest BCUT2D eigenvalue weighted by molar-refractivity contribution is 6.00. The fraction of sp³-hybridized carbons (Fsp3) is 0.385. The second-order valence-electron chi connectivity index (χ2n) is 3.84. The van der Waals surface area contributed by atoms with Crippen molar-refractivity contribution in [2.24, 2.45) is 10.9 Å². The monoisotopic (exact) mass is 250 g/mol. The third-order valence-electron chi connectivity index (χ3n) is 2.61. The highest BCUT2D eigenvalue weighted by atomic mass is 16.5. The van der Waals surface area contributed by atoms with E-state index in [-0.39, 0.29) is 0 Å². The van der Waals surface area contributed by atoms with Crippen molar-refractivity contribution in [2.75, 3.05) is 0 Å². The van der Waals surface area contributed by atoms with Crippen molar-refractivity contribution in [3.8, 4) is 5.75 Å². The summed E-state index contributed by atoms with van der Waals surface area (Å²) in [7, 11) is 0. The van der Waals surface area contributed by atoms with Crippen LogP contribution in [0.2, 0.25) is 0 Å². The Labute approximate surface area is 106 Å². The molecule has 0 aromatic heterocycles. The van der Waals surface area contributed by atoms with E-state index in [1.54, 1.807) is 24.3 Å². The molecule has 5 nitrogen and oxygen atoms in total. The lowest BCUT2D eigenvalue weighted by Crippen LogP contribution is -2.32. The normalized spacial score (nSPS) is 13.1. The first kappa shape index (κ1) is 14.0. The summed E-state index contributed by atoms with van der Waals surface area (Å²) in [5, 5.41) is 12.0. The average molecular weight is 250 g/mol. The number of oxime groups is 1. The molecule has 0 aliphatic heterocycles. The van der Waals surface area contributed by atoms with E-state index in [2.05, 4.69) is 5.16 Å². The van der Waals surface area contributed by atoms with Crippen LogP contribution in [-0.4, -0.2) is 22.9 Å². The Bertz CT molecular complexity index is 426. The minimum atomic E-state index is -0.618. The van der Waals surface area contributed by atoms with Crippen LogP contribution in [0.5, 0.6) is 5.75 Å². The number of nitrogens with zero attached hydrogens (tertiary/aromatic N) is 1. The van der Waals surface area contributed by atoms with Gasteiger partial charge in [-0.05, 0) is 42.7 Å². The molecule has 0 aliphatic rings. The smallest absolute Gasteiger partial charge is 0.258 e. The molecule has 1 aromatic rings. The topological polar surface area (TPSA) is 84.9 Å². The molecule has 0 aliphatic carbocycles. The van der Waals surface area contributed by atoms with Gasteiger partial charge in [-0.3, -0.25) is 4.79 Å². The molecule has 0 heterocycles. The van der Waals surface area contributed by atoms with Gasteiger partial charge in [0.15, 0.2) is 6.10 Å². The van der Waals surface area contributed by atoms with Gasteiger partial charge in [0.2, 0.25) is 0 Å². The molecule has 1 aromatic carbocycles. The van der Waals surface area contributed by atoms with Crippen LogP contribution in [0.15, 0.2) is 29.4 Å². The molecule has 0 radical (unpaired) electrons. The summed E-state index contributed by atoms with van der Waals surface area (Å²) in [5.74, 6) is 0.0885. The molecule has 5 heteroatoms. The van der Waals surface area contributed by atoms with Gasteiger partial charge in [-0.15, -0.1) is 0 Å². The van der Waals surface area contributed by atoms with Gasteiger partial charge in [0.1, 0.15) is 5.75 Å². The summed E-state index contributed by atoms with van der Waals surface area (Å²) in [5.41, 5.74) is 6.62. The fourth-order valence-corrected chi connectivity index (χ4v) is 1.57. The number of hydrogen-bond donors (Lipinski definition) is 2. The predicted octanol–water partition coefficient (Wildman–Crippen LogP) is 1.92. The van der Waals surface area contributed by atoms with Gasteiger partial charge in [0.05, 0.1) is 5.71 Å². The van der Waals surface area contributed by atoms with Gasteiger partial charge in [-0.25, -0.2) is 0 Å². The zero-order chi connectivity index (χ0) is 13.5. The van der Waals surface area contributed by atoms with Crippen LogP contribution in [0.3, 0.4) is 0 Å². The van der Waals surface area contributed by atoms with Crippen LogP contribution in [0.1, 0.15) is 32.3 Å². The molecule has 18 heavy (non-hydrogen) atoms. The van der Waals surface area contributed by atoms with Crippen LogP contribution < -0.4 is 10.5 Å². The summed E-state index contributed by atoms with van der Waals surface area (Å²) < 4.78 is 5.45. The van der Waals surface area contributed by atoms with Crippen LogP contribution in [0.4, 0.5) is 0 Å². The van der Waals surface area contributed by atoms with E-state index in [0.29, 0.717) is 24.3 Å². The predicted molar refractivity (Wildman–Crippen MR) is 69.0 cm³/mol. The van der Waals surface area contributed by atoms with E-state index in [1.165, 1.54) is 0 Å². The molecule has 1 amide bonds. The minimum Gasteiger partial charge on any atom is -0.481 e. The molecule has 0 saturated heterocycles. The standard InChI is InChI=1S/C13H18N2O3/c1-3-11(15-17)9-5-7-10(8-6-9)18-12(4-2)13(14)16/h5-8,12,17H,3-4H2,1-2H3,(H2,14,16). The van der Waals surface area contributed by atoms with Crippen LogP contribution in [0, 0.1) is 0 Å². The summed E-state index contributed by atoms with van der Waals surface area (Å²) in [4.78, 5) is 11.0. The van der Waals surface area contributed by atoms with Gasteiger partial charge in [-0.2, -0.15) is 0 Å². The quantitative estimate of drug-likeness (QED) is 0.459. The highest BCUT2D eigenvalue weighted by Crippen LogP contribution is 2.16. The van der Waals surface area contributed by atoms with Gasteiger partial charge < -0.3 is 15.7 Å². The molecule has 1 rings (SSSR count). The summed E-state index contributed by atoms with van der Waals surface area (Å²) in [6.45, 7) is 3.73. The van der Waals surface area contributed by atoms with E-state index in [4.69, 9.17) is 15.7 Å². The van der Waals surface area contributed by atoms with Crippen molar-refractivity contribution >= 4 is 11.6 Å². The Morgan fingerprint density at radius 1 is 1.39 bits per heavy atom. The van der Waals surface area contributed by atoms with Crippen molar-refractivity contribution in [3.05, 3.63) is 29.8 Å². The highest BCUT2D eigenvalue weighted by Gasteiger charge is 2.14. The average Bonchev–Trinajstić information content (AvgIpc) is 2.38. The Hall–Kier alpha value is -2.04. The lowest BCUT2D eigenvalue weighted by molar-refractivity contribution is -0.124. The van der Waals surface area contributed by atoms with Crippen molar-refractivity contribution in [1.29, 1.82) is 0 Å². The first-order chi connectivity index (χ1) is 8.62. The first-order valence-corrected chi connectivity index (χ1v) is 5.89. The molecular weight excluding hydrogens is 232 g/mol. The van der Waals surface area contributed by atoms with Crippen LogP contribution >= 0.6 is 0 Å². The Kier molecular flexibility index (Phi) is 5.17. The number of primary amides is 1. The zero-order valence-electron chi connectivity index (χ0n) is 10.6. The van der Waals surface area contributed by atoms with Gasteiger partial charge in [0.25, 0.3) is 5.91 Å². The van der Waals surface area contributed by atoms with E-state index < -0.39 is 12.0 Å². The summed E-state index contributed by atoms with van der Waals surface area (Å²) in [6.07, 6.45) is 0.540. The van der Waals surface area contributed by atoms with E-state index in [9.17, 15) is 4.79 Å². The van der Waals surface area contributed by atoms with Crippen LogP contribution in [-0.2, 0) is 4.79 Å². The van der Waals surface area contributed by atoms with E-state index >= 15 is 0 Å². The SMILES string of the molecule is CCC(=NO)c1ccc(OC(CC)C(N)=O)cc1. The second kappa shape index (κ2) is 6.64. The molecule has 1 atom stereocenters. The van der Waals surface area contributed by atoms with Crippen molar-refractivity contribution < 1.29 is 14.7 Å².